The summed E-state index contributed by atoms with van der Waals surface area (Å²) >= 11 is 0. The van der Waals surface area contributed by atoms with Crippen molar-refractivity contribution in [2.24, 2.45) is 0 Å². The first kappa shape index (κ1) is 22.1. The van der Waals surface area contributed by atoms with Crippen LogP contribution in [0.4, 0.5) is 11.4 Å². The summed E-state index contributed by atoms with van der Waals surface area (Å²) in [5.41, 5.74) is -2.28. The number of aromatic nitrogens is 2. The van der Waals surface area contributed by atoms with Gasteiger partial charge in [0.05, 0.1) is 37.6 Å². The molecule has 3 aromatic rings. The van der Waals surface area contributed by atoms with Crippen molar-refractivity contribution in [1.29, 1.82) is 0 Å². The van der Waals surface area contributed by atoms with Gasteiger partial charge in [-0.25, -0.2) is 9.36 Å². The standard InChI is InChI=1S/C20H18N4O8/c1-30-15-6-5-12(24(28)29)8-14(15)22-18(25)13-10-21-20(27)23(19(13)26)11-4-7-16(31-2)17(9-11)32-3/h4-10H,1-3H3,(H,21,27)(H,22,25). The van der Waals surface area contributed by atoms with Gasteiger partial charge in [0.2, 0.25) is 0 Å². The monoisotopic (exact) mass is 442 g/mol. The van der Waals surface area contributed by atoms with Crippen molar-refractivity contribution in [3.63, 3.8) is 0 Å². The van der Waals surface area contributed by atoms with Crippen molar-refractivity contribution in [3.8, 4) is 22.9 Å². The number of H-pyrrole nitrogens is 1. The zero-order chi connectivity index (χ0) is 23.4. The number of benzene rings is 2. The van der Waals surface area contributed by atoms with Crippen LogP contribution >= 0.6 is 0 Å². The van der Waals surface area contributed by atoms with Gasteiger partial charge in [-0.1, -0.05) is 0 Å². The molecule has 1 amide bonds. The lowest BCUT2D eigenvalue weighted by molar-refractivity contribution is -0.384. The molecule has 1 aromatic heterocycles. The van der Waals surface area contributed by atoms with Gasteiger partial charge in [0.25, 0.3) is 17.2 Å². The van der Waals surface area contributed by atoms with Crippen LogP contribution in [0.25, 0.3) is 5.69 Å². The predicted molar refractivity (Wildman–Crippen MR) is 113 cm³/mol. The summed E-state index contributed by atoms with van der Waals surface area (Å²) in [5.74, 6) is -0.104. The zero-order valence-corrected chi connectivity index (χ0v) is 17.2. The molecule has 166 valence electrons. The van der Waals surface area contributed by atoms with Crippen LogP contribution in [0.1, 0.15) is 10.4 Å². The van der Waals surface area contributed by atoms with Gasteiger partial charge in [0, 0.05) is 24.4 Å². The molecule has 1 heterocycles. The van der Waals surface area contributed by atoms with Crippen molar-refractivity contribution in [2.75, 3.05) is 26.6 Å². The summed E-state index contributed by atoms with van der Waals surface area (Å²) in [4.78, 5) is 50.9. The van der Waals surface area contributed by atoms with E-state index in [0.29, 0.717) is 5.75 Å². The summed E-state index contributed by atoms with van der Waals surface area (Å²) in [6.45, 7) is 0. The number of amides is 1. The number of nitro benzene ring substituents is 1. The second-order valence-electron chi connectivity index (χ2n) is 6.28. The summed E-state index contributed by atoms with van der Waals surface area (Å²) in [5, 5.41) is 13.4. The lowest BCUT2D eigenvalue weighted by Crippen LogP contribution is -2.38. The van der Waals surface area contributed by atoms with Crippen LogP contribution in [0.3, 0.4) is 0 Å². The third-order valence-electron chi connectivity index (χ3n) is 4.49. The van der Waals surface area contributed by atoms with E-state index in [1.807, 2.05) is 0 Å². The van der Waals surface area contributed by atoms with Gasteiger partial charge in [-0.3, -0.25) is 19.7 Å². The number of methoxy groups -OCH3 is 3. The molecule has 0 saturated heterocycles. The maximum Gasteiger partial charge on any atom is 0.333 e. The van der Waals surface area contributed by atoms with Crippen molar-refractivity contribution in [1.82, 2.24) is 9.55 Å². The highest BCUT2D eigenvalue weighted by atomic mass is 16.6. The molecule has 0 aliphatic carbocycles. The Balaban J connectivity index is 2.05. The van der Waals surface area contributed by atoms with E-state index in [2.05, 4.69) is 10.3 Å². The SMILES string of the molecule is COc1ccc([N+](=O)[O-])cc1NC(=O)c1c[nH]c(=O)n(-c2ccc(OC)c(OC)c2)c1=O. The van der Waals surface area contributed by atoms with Gasteiger partial charge < -0.3 is 24.5 Å². The van der Waals surface area contributed by atoms with E-state index in [-0.39, 0.29) is 28.6 Å². The van der Waals surface area contributed by atoms with E-state index in [1.165, 1.54) is 51.7 Å². The molecule has 32 heavy (non-hydrogen) atoms. The van der Waals surface area contributed by atoms with Gasteiger partial charge in [0.15, 0.2) is 11.5 Å². The number of anilines is 1. The van der Waals surface area contributed by atoms with Crippen molar-refractivity contribution in [3.05, 3.63) is 79.1 Å². The highest BCUT2D eigenvalue weighted by molar-refractivity contribution is 6.04. The lowest BCUT2D eigenvalue weighted by atomic mass is 10.2. The minimum Gasteiger partial charge on any atom is -0.495 e. The first-order valence-electron chi connectivity index (χ1n) is 9.01. The predicted octanol–water partition coefficient (Wildman–Crippen LogP) is 1.71. The molecule has 3 rings (SSSR count). The maximum atomic E-state index is 13.0. The normalized spacial score (nSPS) is 10.3. The molecule has 0 fully saturated rings. The Hall–Kier alpha value is -4.61. The molecule has 0 spiro atoms. The van der Waals surface area contributed by atoms with E-state index in [1.54, 1.807) is 0 Å². The molecule has 0 atom stereocenters. The molecule has 12 nitrogen and oxygen atoms in total. The van der Waals surface area contributed by atoms with Gasteiger partial charge in [-0.2, -0.15) is 0 Å². The van der Waals surface area contributed by atoms with Crippen LogP contribution in [0, 0.1) is 10.1 Å². The number of aromatic amines is 1. The van der Waals surface area contributed by atoms with E-state index in [0.717, 1.165) is 16.8 Å². The number of carbonyl (C=O) groups excluding carboxylic acids is 1. The van der Waals surface area contributed by atoms with Crippen molar-refractivity contribution < 1.29 is 23.9 Å². The second-order valence-corrected chi connectivity index (χ2v) is 6.28. The maximum absolute atomic E-state index is 13.0. The number of hydrogen-bond donors (Lipinski definition) is 2. The van der Waals surface area contributed by atoms with E-state index < -0.39 is 27.6 Å². The molecule has 2 aromatic carbocycles. The van der Waals surface area contributed by atoms with E-state index in [4.69, 9.17) is 14.2 Å². The molecular formula is C20H18N4O8. The highest BCUT2D eigenvalue weighted by Gasteiger charge is 2.20. The number of nitro groups is 1. The average Bonchev–Trinajstić information content (AvgIpc) is 2.78. The fourth-order valence-corrected chi connectivity index (χ4v) is 2.93. The van der Waals surface area contributed by atoms with Gasteiger partial charge >= 0.3 is 5.69 Å². The third-order valence-corrected chi connectivity index (χ3v) is 4.49. The Kier molecular flexibility index (Phi) is 6.24. The third kappa shape index (κ3) is 4.14. The Bertz CT molecular complexity index is 1310. The Morgan fingerprint density at radius 2 is 1.66 bits per heavy atom. The Labute approximate surface area is 180 Å². The van der Waals surface area contributed by atoms with Crippen LogP contribution in [0.5, 0.6) is 17.2 Å². The van der Waals surface area contributed by atoms with Crippen LogP contribution in [0.15, 0.2) is 52.2 Å². The molecule has 0 aliphatic heterocycles. The molecular weight excluding hydrogens is 424 g/mol. The Morgan fingerprint density at radius 3 is 2.28 bits per heavy atom. The summed E-state index contributed by atoms with van der Waals surface area (Å²) in [7, 11) is 4.15. The smallest absolute Gasteiger partial charge is 0.333 e. The minimum atomic E-state index is -0.914. The molecule has 0 saturated carbocycles. The van der Waals surface area contributed by atoms with E-state index in [9.17, 15) is 24.5 Å². The van der Waals surface area contributed by atoms with Crippen LogP contribution < -0.4 is 30.8 Å². The topological polar surface area (TPSA) is 155 Å². The molecule has 0 unspecified atom stereocenters. The molecule has 0 aliphatic rings. The first-order valence-corrected chi connectivity index (χ1v) is 9.01. The zero-order valence-electron chi connectivity index (χ0n) is 17.2. The largest absolute Gasteiger partial charge is 0.495 e. The van der Waals surface area contributed by atoms with E-state index >= 15 is 0 Å². The summed E-state index contributed by atoms with van der Waals surface area (Å²) in [6.07, 6.45) is 0.959. The fourth-order valence-electron chi connectivity index (χ4n) is 2.93. The van der Waals surface area contributed by atoms with Gasteiger partial charge in [-0.05, 0) is 18.2 Å². The van der Waals surface area contributed by atoms with Gasteiger partial charge in [0.1, 0.15) is 11.3 Å². The lowest BCUT2D eigenvalue weighted by Gasteiger charge is -2.12. The van der Waals surface area contributed by atoms with Crippen molar-refractivity contribution >= 4 is 17.3 Å². The molecule has 2 N–H and O–H groups in total. The number of hydrogen-bond acceptors (Lipinski definition) is 8. The minimum absolute atomic E-state index is 0.0185. The Morgan fingerprint density at radius 1 is 1.00 bits per heavy atom. The molecule has 0 radical (unpaired) electrons. The highest BCUT2D eigenvalue weighted by Crippen LogP contribution is 2.30. The van der Waals surface area contributed by atoms with Crippen LogP contribution in [0.2, 0.25) is 0 Å². The number of carbonyl (C=O) groups is 1. The van der Waals surface area contributed by atoms with Crippen molar-refractivity contribution in [2.45, 2.75) is 0 Å². The number of rotatable bonds is 7. The van der Waals surface area contributed by atoms with Crippen LogP contribution in [-0.4, -0.2) is 41.7 Å². The number of non-ortho nitro benzene ring substituents is 1. The molecule has 0 bridgehead atoms. The summed E-state index contributed by atoms with van der Waals surface area (Å²) in [6, 6.07) is 7.96. The average molecular weight is 442 g/mol. The summed E-state index contributed by atoms with van der Waals surface area (Å²) < 4.78 is 16.2. The number of ether oxygens (including phenoxy) is 3. The quantitative estimate of drug-likeness (QED) is 0.414. The fraction of sp³-hybridized carbons (Fsp3) is 0.150. The number of nitrogens with zero attached hydrogens (tertiary/aromatic N) is 2. The first-order chi connectivity index (χ1) is 15.3. The molecule has 12 heteroatoms. The second kappa shape index (κ2) is 9.04. The van der Waals surface area contributed by atoms with Gasteiger partial charge in [-0.15, -0.1) is 0 Å². The van der Waals surface area contributed by atoms with Crippen LogP contribution in [-0.2, 0) is 0 Å². The number of nitrogens with one attached hydrogen (secondary N) is 2.